The summed E-state index contributed by atoms with van der Waals surface area (Å²) in [5.74, 6) is 1.55. The maximum atomic E-state index is 6.21. The highest BCUT2D eigenvalue weighted by Crippen LogP contribution is 2.35. The number of hydrogen-bond donors (Lipinski definition) is 0. The van der Waals surface area contributed by atoms with Gasteiger partial charge < -0.3 is 4.74 Å². The third-order valence-corrected chi connectivity index (χ3v) is 5.07. The van der Waals surface area contributed by atoms with E-state index >= 15 is 0 Å². The Morgan fingerprint density at radius 1 is 1.05 bits per heavy atom. The van der Waals surface area contributed by atoms with Gasteiger partial charge in [0.1, 0.15) is 11.9 Å². The quantitative estimate of drug-likeness (QED) is 0.548. The molecule has 0 aliphatic heterocycles. The highest BCUT2D eigenvalue weighted by atomic mass is 35.5. The third kappa shape index (κ3) is 2.78. The van der Waals surface area contributed by atoms with E-state index in [1.807, 2.05) is 12.1 Å². The number of ether oxygens (including phenoxy) is 1. The maximum Gasteiger partial charge on any atom is 0.138 e. The fraction of sp³-hybridized carbons (Fsp3) is 0.200. The minimum atomic E-state index is 0.0465. The van der Waals surface area contributed by atoms with Crippen LogP contribution < -0.4 is 4.74 Å². The van der Waals surface area contributed by atoms with Gasteiger partial charge in [0.05, 0.1) is 4.70 Å². The molecule has 0 N–H and O–H groups in total. The van der Waals surface area contributed by atoms with Gasteiger partial charge in [0, 0.05) is 17.2 Å². The van der Waals surface area contributed by atoms with Crippen molar-refractivity contribution < 1.29 is 4.74 Å². The first-order valence-electron chi connectivity index (χ1n) is 6.11. The van der Waals surface area contributed by atoms with Crippen LogP contribution in [0.25, 0.3) is 10.1 Å². The van der Waals surface area contributed by atoms with Crippen LogP contribution >= 0.6 is 34.3 Å². The van der Waals surface area contributed by atoms with Gasteiger partial charge in [-0.1, -0.05) is 18.2 Å². The van der Waals surface area contributed by atoms with Gasteiger partial charge in [-0.2, -0.15) is 0 Å². The summed E-state index contributed by atoms with van der Waals surface area (Å²) in [6.07, 6.45) is 0.870. The van der Waals surface area contributed by atoms with E-state index in [0.29, 0.717) is 5.88 Å². The first kappa shape index (κ1) is 13.0. The second-order valence-corrected chi connectivity index (χ2v) is 6.47. The lowest BCUT2D eigenvalue weighted by Gasteiger charge is -2.17. The van der Waals surface area contributed by atoms with Crippen molar-refractivity contribution in [2.24, 2.45) is 0 Å². The molecule has 2 heterocycles. The van der Waals surface area contributed by atoms with Crippen molar-refractivity contribution in [1.82, 2.24) is 0 Å². The number of alkyl halides is 1. The lowest BCUT2D eigenvalue weighted by molar-refractivity contribution is 0.209. The molecule has 1 unspecified atom stereocenters. The summed E-state index contributed by atoms with van der Waals surface area (Å²) in [6, 6.07) is 12.5. The molecule has 1 atom stereocenters. The van der Waals surface area contributed by atoms with Crippen LogP contribution in [0.5, 0.6) is 5.75 Å². The Hall–Kier alpha value is -1.03. The number of thiophene rings is 2. The molecule has 4 heteroatoms. The van der Waals surface area contributed by atoms with Gasteiger partial charge in [0.2, 0.25) is 0 Å². The van der Waals surface area contributed by atoms with Crippen molar-refractivity contribution >= 4 is 44.4 Å². The zero-order valence-corrected chi connectivity index (χ0v) is 12.6. The maximum absolute atomic E-state index is 6.21. The molecule has 0 aliphatic carbocycles. The van der Waals surface area contributed by atoms with E-state index in [-0.39, 0.29) is 6.10 Å². The topological polar surface area (TPSA) is 9.23 Å². The standard InChI is InChI=1S/C15H13ClOS2/c16-8-6-12(14-5-2-9-18-14)17-13-4-1-3-11-7-10-19-15(11)13/h1-5,7,9-10,12H,6,8H2. The summed E-state index contributed by atoms with van der Waals surface area (Å²) < 4.78 is 7.41. The fourth-order valence-electron chi connectivity index (χ4n) is 2.04. The Morgan fingerprint density at radius 3 is 2.79 bits per heavy atom. The number of fused-ring (bicyclic) bond motifs is 1. The van der Waals surface area contributed by atoms with Crippen LogP contribution in [0, 0.1) is 0 Å². The zero-order valence-electron chi connectivity index (χ0n) is 10.2. The predicted molar refractivity (Wildman–Crippen MR) is 84.9 cm³/mol. The molecule has 0 amide bonds. The monoisotopic (exact) mass is 308 g/mol. The second kappa shape index (κ2) is 5.95. The Balaban J connectivity index is 1.91. The molecule has 1 aromatic carbocycles. The van der Waals surface area contributed by atoms with Crippen molar-refractivity contribution in [3.8, 4) is 5.75 Å². The molecule has 98 valence electrons. The molecule has 3 rings (SSSR count). The lowest BCUT2D eigenvalue weighted by atomic mass is 10.2. The highest BCUT2D eigenvalue weighted by Gasteiger charge is 2.15. The fourth-order valence-corrected chi connectivity index (χ4v) is 3.89. The van der Waals surface area contributed by atoms with Crippen LogP contribution in [0.3, 0.4) is 0 Å². The summed E-state index contributed by atoms with van der Waals surface area (Å²) in [5, 5.41) is 5.41. The molecule has 3 aromatic rings. The summed E-state index contributed by atoms with van der Waals surface area (Å²) in [4.78, 5) is 1.23. The molecule has 1 nitrogen and oxygen atoms in total. The lowest BCUT2D eigenvalue weighted by Crippen LogP contribution is -2.06. The van der Waals surface area contributed by atoms with Gasteiger partial charge in [0.25, 0.3) is 0 Å². The zero-order chi connectivity index (χ0) is 13.1. The van der Waals surface area contributed by atoms with Crippen LogP contribution in [0.15, 0.2) is 47.2 Å². The number of hydrogen-bond acceptors (Lipinski definition) is 3. The van der Waals surface area contributed by atoms with Gasteiger partial charge in [-0.3, -0.25) is 0 Å². The van der Waals surface area contributed by atoms with Gasteiger partial charge in [-0.05, 0) is 34.3 Å². The first-order valence-corrected chi connectivity index (χ1v) is 8.40. The predicted octanol–water partition coefficient (Wildman–Crippen LogP) is 5.71. The molecule has 0 spiro atoms. The van der Waals surface area contributed by atoms with Crippen molar-refractivity contribution in [1.29, 1.82) is 0 Å². The smallest absolute Gasteiger partial charge is 0.138 e. The number of halogens is 1. The number of benzene rings is 1. The summed E-state index contributed by atoms with van der Waals surface area (Å²) >= 11 is 9.34. The normalized spacial score (nSPS) is 12.7. The third-order valence-electron chi connectivity index (χ3n) is 2.94. The largest absolute Gasteiger partial charge is 0.483 e. The van der Waals surface area contributed by atoms with Crippen molar-refractivity contribution in [3.05, 3.63) is 52.0 Å². The number of rotatable bonds is 5. The van der Waals surface area contributed by atoms with Crippen LogP contribution in [-0.2, 0) is 0 Å². The summed E-state index contributed by atoms with van der Waals surface area (Å²) in [6.45, 7) is 0. The first-order chi connectivity index (χ1) is 9.38. The van der Waals surface area contributed by atoms with E-state index in [2.05, 4.69) is 35.0 Å². The van der Waals surface area contributed by atoms with Crippen molar-refractivity contribution in [3.63, 3.8) is 0 Å². The van der Waals surface area contributed by atoms with E-state index in [1.165, 1.54) is 15.0 Å². The van der Waals surface area contributed by atoms with E-state index in [0.717, 1.165) is 12.2 Å². The van der Waals surface area contributed by atoms with E-state index < -0.39 is 0 Å². The van der Waals surface area contributed by atoms with Crippen LogP contribution in [0.1, 0.15) is 17.4 Å². The molecule has 0 saturated carbocycles. The van der Waals surface area contributed by atoms with Gasteiger partial charge >= 0.3 is 0 Å². The molecule has 0 radical (unpaired) electrons. The minimum Gasteiger partial charge on any atom is -0.483 e. The van der Waals surface area contributed by atoms with Gasteiger partial charge in [-0.15, -0.1) is 34.3 Å². The molecule has 0 aliphatic rings. The van der Waals surface area contributed by atoms with Gasteiger partial charge in [-0.25, -0.2) is 0 Å². The molecule has 0 bridgehead atoms. The Morgan fingerprint density at radius 2 is 2.00 bits per heavy atom. The molecule has 0 fully saturated rings. The Bertz CT molecular complexity index is 645. The van der Waals surface area contributed by atoms with Crippen LogP contribution in [0.4, 0.5) is 0 Å². The van der Waals surface area contributed by atoms with Crippen molar-refractivity contribution in [2.75, 3.05) is 5.88 Å². The van der Waals surface area contributed by atoms with Crippen LogP contribution in [-0.4, -0.2) is 5.88 Å². The molecule has 19 heavy (non-hydrogen) atoms. The Labute approximate surface area is 125 Å². The average molecular weight is 309 g/mol. The molecular weight excluding hydrogens is 296 g/mol. The van der Waals surface area contributed by atoms with E-state index in [4.69, 9.17) is 16.3 Å². The average Bonchev–Trinajstić information content (AvgIpc) is 3.10. The highest BCUT2D eigenvalue weighted by molar-refractivity contribution is 7.17. The van der Waals surface area contributed by atoms with E-state index in [9.17, 15) is 0 Å². The Kier molecular flexibility index (Phi) is 4.06. The molecule has 2 aromatic heterocycles. The van der Waals surface area contributed by atoms with Gasteiger partial charge in [0.15, 0.2) is 0 Å². The van der Waals surface area contributed by atoms with E-state index in [1.54, 1.807) is 22.7 Å². The SMILES string of the molecule is ClCCC(Oc1cccc2ccsc12)c1cccs1. The molecular formula is C15H13ClOS2. The minimum absolute atomic E-state index is 0.0465. The summed E-state index contributed by atoms with van der Waals surface area (Å²) in [5.41, 5.74) is 0. The summed E-state index contributed by atoms with van der Waals surface area (Å²) in [7, 11) is 0. The second-order valence-electron chi connectivity index (χ2n) is 4.19. The van der Waals surface area contributed by atoms with Crippen molar-refractivity contribution in [2.45, 2.75) is 12.5 Å². The molecule has 0 saturated heterocycles. The van der Waals surface area contributed by atoms with Crippen LogP contribution in [0.2, 0.25) is 0 Å².